The van der Waals surface area contributed by atoms with Gasteiger partial charge in [0.25, 0.3) is 0 Å². The van der Waals surface area contributed by atoms with Gasteiger partial charge in [-0.2, -0.15) is 0 Å². The molecule has 0 radical (unpaired) electrons. The van der Waals surface area contributed by atoms with Crippen LogP contribution in [0.5, 0.6) is 0 Å². The predicted octanol–water partition coefficient (Wildman–Crippen LogP) is -0.371. The van der Waals surface area contributed by atoms with Gasteiger partial charge in [-0.1, -0.05) is 0 Å². The topological polar surface area (TPSA) is 155 Å². The molecule has 0 saturated heterocycles. The summed E-state index contributed by atoms with van der Waals surface area (Å²) in [5, 5.41) is 37.3. The third kappa shape index (κ3) is 25.6. The third-order valence-corrected chi connectivity index (χ3v) is 4.56. The van der Waals surface area contributed by atoms with E-state index in [4.69, 9.17) is 37.9 Å². The van der Waals surface area contributed by atoms with Crippen molar-refractivity contribution in [2.75, 3.05) is 106 Å². The molecule has 0 aromatic carbocycles. The van der Waals surface area contributed by atoms with Crippen molar-refractivity contribution in [3.63, 3.8) is 0 Å². The molecule has 0 saturated carbocycles. The standard InChI is InChI=1S/C25H52O12/c1-21(26)13-30-5-9-34-17-25(18-35-10-6-31-14-22(2)27,19-36-11-7-32-15-23(3)28)20-37-12-8-33-16-24(4)29/h21-24,26-29H,5-20H2,1-4H3. The van der Waals surface area contributed by atoms with Crippen molar-refractivity contribution in [3.8, 4) is 0 Å². The number of ether oxygens (including phenoxy) is 8. The number of hydrogen-bond acceptors (Lipinski definition) is 12. The van der Waals surface area contributed by atoms with E-state index >= 15 is 0 Å². The summed E-state index contributed by atoms with van der Waals surface area (Å²) in [6.45, 7) is 11.2. The van der Waals surface area contributed by atoms with E-state index in [0.29, 0.717) is 52.9 Å². The van der Waals surface area contributed by atoms with Crippen molar-refractivity contribution < 1.29 is 58.3 Å². The first-order chi connectivity index (χ1) is 17.7. The molecule has 0 amide bonds. The highest BCUT2D eigenvalue weighted by Gasteiger charge is 2.32. The maximum atomic E-state index is 9.32. The average molecular weight is 545 g/mol. The molecule has 37 heavy (non-hydrogen) atoms. The van der Waals surface area contributed by atoms with Crippen LogP contribution in [0.1, 0.15) is 27.7 Å². The number of hydrogen-bond donors (Lipinski definition) is 4. The molecule has 0 heterocycles. The largest absolute Gasteiger partial charge is 0.391 e. The quantitative estimate of drug-likeness (QED) is 0.0950. The molecule has 0 aromatic heterocycles. The van der Waals surface area contributed by atoms with Crippen LogP contribution in [0.2, 0.25) is 0 Å². The lowest BCUT2D eigenvalue weighted by atomic mass is 9.92. The van der Waals surface area contributed by atoms with Crippen molar-refractivity contribution in [2.45, 2.75) is 52.1 Å². The van der Waals surface area contributed by atoms with Crippen molar-refractivity contribution in [1.82, 2.24) is 0 Å². The summed E-state index contributed by atoms with van der Waals surface area (Å²) in [5.41, 5.74) is -0.650. The van der Waals surface area contributed by atoms with Crippen LogP contribution in [-0.4, -0.2) is 151 Å². The fourth-order valence-corrected chi connectivity index (χ4v) is 2.89. The normalized spacial score (nSPS) is 16.9. The fraction of sp³-hybridized carbons (Fsp3) is 1.00. The second kappa shape index (κ2) is 24.6. The lowest BCUT2D eigenvalue weighted by Crippen LogP contribution is -2.43. The van der Waals surface area contributed by atoms with E-state index in [0.717, 1.165) is 0 Å². The predicted molar refractivity (Wildman–Crippen MR) is 136 cm³/mol. The maximum Gasteiger partial charge on any atom is 0.0745 e. The Labute approximate surface area is 222 Å². The molecule has 0 rings (SSSR count). The zero-order valence-electron chi connectivity index (χ0n) is 23.2. The van der Waals surface area contributed by atoms with Crippen molar-refractivity contribution in [3.05, 3.63) is 0 Å². The minimum absolute atomic E-state index is 0.231. The molecular formula is C25H52O12. The zero-order chi connectivity index (χ0) is 27.8. The van der Waals surface area contributed by atoms with Gasteiger partial charge in [-0.25, -0.2) is 0 Å². The van der Waals surface area contributed by atoms with Crippen LogP contribution in [0.25, 0.3) is 0 Å². The van der Waals surface area contributed by atoms with Gasteiger partial charge in [0.05, 0.1) is 136 Å². The van der Waals surface area contributed by atoms with Gasteiger partial charge in [0.1, 0.15) is 0 Å². The molecule has 12 heteroatoms. The summed E-state index contributed by atoms with van der Waals surface area (Å²) >= 11 is 0. The van der Waals surface area contributed by atoms with E-state index in [-0.39, 0.29) is 52.9 Å². The second-order valence-corrected chi connectivity index (χ2v) is 9.41. The molecule has 224 valence electrons. The van der Waals surface area contributed by atoms with E-state index < -0.39 is 29.8 Å². The molecule has 4 unspecified atom stereocenters. The second-order valence-electron chi connectivity index (χ2n) is 9.41. The average Bonchev–Trinajstić information content (AvgIpc) is 2.82. The van der Waals surface area contributed by atoms with Gasteiger partial charge in [0, 0.05) is 0 Å². The van der Waals surface area contributed by atoms with Gasteiger partial charge in [0.2, 0.25) is 0 Å². The summed E-state index contributed by atoms with van der Waals surface area (Å²) < 4.78 is 44.9. The fourth-order valence-electron chi connectivity index (χ4n) is 2.89. The molecule has 0 aliphatic rings. The lowest BCUT2D eigenvalue weighted by molar-refractivity contribution is -0.124. The highest BCUT2D eigenvalue weighted by molar-refractivity contribution is 4.79. The molecular weight excluding hydrogens is 492 g/mol. The van der Waals surface area contributed by atoms with Crippen LogP contribution in [0, 0.1) is 5.41 Å². The van der Waals surface area contributed by atoms with Crippen LogP contribution in [-0.2, 0) is 37.9 Å². The van der Waals surface area contributed by atoms with Crippen LogP contribution < -0.4 is 0 Å². The summed E-state index contributed by atoms with van der Waals surface area (Å²) in [5.74, 6) is 0. The Hall–Kier alpha value is -0.480. The molecule has 0 fully saturated rings. The monoisotopic (exact) mass is 544 g/mol. The van der Waals surface area contributed by atoms with Crippen molar-refractivity contribution in [1.29, 1.82) is 0 Å². The number of rotatable bonds is 28. The first-order valence-electron chi connectivity index (χ1n) is 13.0. The molecule has 0 spiro atoms. The third-order valence-electron chi connectivity index (χ3n) is 4.56. The van der Waals surface area contributed by atoms with Crippen LogP contribution in [0.15, 0.2) is 0 Å². The molecule has 4 N–H and O–H groups in total. The maximum absolute atomic E-state index is 9.32. The van der Waals surface area contributed by atoms with Gasteiger partial charge >= 0.3 is 0 Å². The van der Waals surface area contributed by atoms with E-state index in [1.54, 1.807) is 27.7 Å². The molecule has 12 nitrogen and oxygen atoms in total. The summed E-state index contributed by atoms with van der Waals surface area (Å²) in [6, 6.07) is 0. The Morgan fingerprint density at radius 3 is 0.757 bits per heavy atom. The van der Waals surface area contributed by atoms with E-state index in [1.807, 2.05) is 0 Å². The van der Waals surface area contributed by atoms with E-state index in [9.17, 15) is 20.4 Å². The Morgan fingerprint density at radius 2 is 0.568 bits per heavy atom. The van der Waals surface area contributed by atoms with Gasteiger partial charge in [-0.3, -0.25) is 0 Å². The van der Waals surface area contributed by atoms with E-state index in [2.05, 4.69) is 0 Å². The molecule has 4 atom stereocenters. The van der Waals surface area contributed by atoms with Gasteiger partial charge < -0.3 is 58.3 Å². The van der Waals surface area contributed by atoms with Crippen LogP contribution >= 0.6 is 0 Å². The Morgan fingerprint density at radius 1 is 0.378 bits per heavy atom. The Balaban J connectivity index is 4.89. The van der Waals surface area contributed by atoms with Crippen molar-refractivity contribution in [2.24, 2.45) is 5.41 Å². The highest BCUT2D eigenvalue weighted by atomic mass is 16.6. The van der Waals surface area contributed by atoms with Crippen LogP contribution in [0.4, 0.5) is 0 Å². The molecule has 0 aromatic rings. The Kier molecular flexibility index (Phi) is 24.2. The zero-order valence-corrected chi connectivity index (χ0v) is 23.2. The minimum Gasteiger partial charge on any atom is -0.391 e. The first kappa shape index (κ1) is 36.5. The number of aliphatic hydroxyl groups excluding tert-OH is 4. The first-order valence-corrected chi connectivity index (χ1v) is 13.0. The van der Waals surface area contributed by atoms with Crippen molar-refractivity contribution >= 4 is 0 Å². The minimum atomic E-state index is -0.650. The Bertz CT molecular complexity index is 391. The van der Waals surface area contributed by atoms with Gasteiger partial charge in [-0.05, 0) is 27.7 Å². The smallest absolute Gasteiger partial charge is 0.0745 e. The lowest BCUT2D eigenvalue weighted by Gasteiger charge is -2.33. The molecule has 0 bridgehead atoms. The summed E-state index contributed by atoms with van der Waals surface area (Å²) in [7, 11) is 0. The molecule has 0 aliphatic heterocycles. The highest BCUT2D eigenvalue weighted by Crippen LogP contribution is 2.21. The van der Waals surface area contributed by atoms with E-state index in [1.165, 1.54) is 0 Å². The SMILES string of the molecule is CC(O)COCCOCC(COCCOCC(C)O)(COCCOCC(C)O)COCCOCC(C)O. The van der Waals surface area contributed by atoms with Crippen LogP contribution in [0.3, 0.4) is 0 Å². The number of aliphatic hydroxyl groups is 4. The van der Waals surface area contributed by atoms with Gasteiger partial charge in [-0.15, -0.1) is 0 Å². The molecule has 0 aliphatic carbocycles. The summed E-state index contributed by atoms with van der Waals surface area (Å²) in [4.78, 5) is 0. The van der Waals surface area contributed by atoms with Gasteiger partial charge in [0.15, 0.2) is 0 Å². The summed E-state index contributed by atoms with van der Waals surface area (Å²) in [6.07, 6.45) is -2.18.